The maximum atomic E-state index is 13.2. The highest BCUT2D eigenvalue weighted by atomic mass is 32.2. The molecule has 0 aliphatic carbocycles. The Hall–Kier alpha value is -3.81. The molecule has 0 bridgehead atoms. The summed E-state index contributed by atoms with van der Waals surface area (Å²) < 4.78 is 12.5. The van der Waals surface area contributed by atoms with Gasteiger partial charge in [0.05, 0.1) is 24.8 Å². The molecular formula is C26H24N4O4S2. The van der Waals surface area contributed by atoms with Crippen molar-refractivity contribution in [3.8, 4) is 11.8 Å². The molecule has 0 radical (unpaired) electrons. The quantitative estimate of drug-likeness (QED) is 0.338. The van der Waals surface area contributed by atoms with Crippen molar-refractivity contribution in [1.82, 2.24) is 9.47 Å². The Kier molecular flexibility index (Phi) is 7.62. The lowest BCUT2D eigenvalue weighted by molar-refractivity contribution is -0.122. The first-order valence-electron chi connectivity index (χ1n) is 11.2. The summed E-state index contributed by atoms with van der Waals surface area (Å²) in [6, 6.07) is 13.1. The molecule has 0 saturated carbocycles. The van der Waals surface area contributed by atoms with Crippen molar-refractivity contribution < 1.29 is 13.9 Å². The van der Waals surface area contributed by atoms with Gasteiger partial charge in [-0.05, 0) is 55.3 Å². The second kappa shape index (κ2) is 10.8. The van der Waals surface area contributed by atoms with E-state index in [0.29, 0.717) is 45.0 Å². The number of hydrogen-bond donors (Lipinski definition) is 1. The van der Waals surface area contributed by atoms with Crippen LogP contribution in [0, 0.1) is 18.3 Å². The van der Waals surface area contributed by atoms with Gasteiger partial charge < -0.3 is 14.5 Å². The van der Waals surface area contributed by atoms with Gasteiger partial charge in [-0.15, -0.1) is 0 Å². The van der Waals surface area contributed by atoms with Crippen molar-refractivity contribution >= 4 is 46.1 Å². The van der Waals surface area contributed by atoms with Crippen LogP contribution in [0.3, 0.4) is 0 Å². The fourth-order valence-corrected chi connectivity index (χ4v) is 5.15. The molecule has 1 aliphatic heterocycles. The van der Waals surface area contributed by atoms with E-state index in [-0.39, 0.29) is 23.6 Å². The van der Waals surface area contributed by atoms with Gasteiger partial charge in [0.15, 0.2) is 0 Å². The number of nitriles is 1. The number of ether oxygens (including phenoxy) is 1. The summed E-state index contributed by atoms with van der Waals surface area (Å²) in [6.07, 6.45) is 3.25. The molecule has 184 valence electrons. The maximum Gasteiger partial charge on any atom is 0.270 e. The largest absolute Gasteiger partial charge is 0.497 e. The Balaban J connectivity index is 1.74. The Morgan fingerprint density at radius 2 is 2.00 bits per heavy atom. The summed E-state index contributed by atoms with van der Waals surface area (Å²) in [6.45, 7) is 4.56. The van der Waals surface area contributed by atoms with Crippen molar-refractivity contribution in [3.05, 3.63) is 85.9 Å². The number of furan rings is 1. The number of carbonyl (C=O) groups is 1. The van der Waals surface area contributed by atoms with Gasteiger partial charge in [0, 0.05) is 18.7 Å². The fraction of sp³-hybridized carbons (Fsp3) is 0.231. The minimum Gasteiger partial charge on any atom is -0.497 e. The number of nitrogens with one attached hydrogen (secondary N) is 1. The lowest BCUT2D eigenvalue weighted by Gasteiger charge is -2.19. The van der Waals surface area contributed by atoms with E-state index in [2.05, 4.69) is 5.32 Å². The highest BCUT2D eigenvalue weighted by Gasteiger charge is 2.33. The van der Waals surface area contributed by atoms with Crippen molar-refractivity contribution in [2.75, 3.05) is 12.4 Å². The van der Waals surface area contributed by atoms with Gasteiger partial charge in [-0.3, -0.25) is 19.1 Å². The molecule has 1 amide bonds. The van der Waals surface area contributed by atoms with Crippen molar-refractivity contribution in [2.45, 2.75) is 33.5 Å². The predicted octanol–water partition coefficient (Wildman–Crippen LogP) is 4.66. The number of pyridine rings is 1. The number of methoxy groups -OCH3 is 1. The molecule has 3 aromatic rings. The first kappa shape index (κ1) is 25.3. The zero-order chi connectivity index (χ0) is 25.8. The number of benzene rings is 1. The molecule has 10 heteroatoms. The Bertz CT molecular complexity index is 1430. The number of aromatic nitrogens is 1. The standard InChI is InChI=1S/C26H24N4O4S2/c1-4-29-23(28-14-17-7-9-18(33-3)10-8-17)20(16(2)21(13-27)24(29)31)12-22-25(32)30(26(35)36-22)15-19-6-5-11-34-19/h5-12,28H,4,14-15H2,1-3H3/b22-12+. The number of hydrogen-bond acceptors (Lipinski definition) is 8. The number of nitrogens with zero attached hydrogens (tertiary/aromatic N) is 3. The van der Waals surface area contributed by atoms with E-state index in [4.69, 9.17) is 21.4 Å². The number of thiocarbonyl (C=S) groups is 1. The molecule has 2 aromatic heterocycles. The third-order valence-corrected chi connectivity index (χ3v) is 7.23. The molecule has 36 heavy (non-hydrogen) atoms. The summed E-state index contributed by atoms with van der Waals surface area (Å²) in [4.78, 5) is 28.2. The van der Waals surface area contributed by atoms with E-state index in [0.717, 1.165) is 11.3 Å². The summed E-state index contributed by atoms with van der Waals surface area (Å²) in [7, 11) is 1.61. The molecule has 0 unspecified atom stereocenters. The highest BCUT2D eigenvalue weighted by molar-refractivity contribution is 8.26. The van der Waals surface area contributed by atoms with Crippen LogP contribution in [-0.2, 0) is 24.4 Å². The molecule has 1 saturated heterocycles. The van der Waals surface area contributed by atoms with Gasteiger partial charge in [-0.1, -0.05) is 36.1 Å². The van der Waals surface area contributed by atoms with Gasteiger partial charge in [0.25, 0.3) is 11.5 Å². The van der Waals surface area contributed by atoms with Crippen LogP contribution in [0.1, 0.15) is 34.9 Å². The van der Waals surface area contributed by atoms with Crippen LogP contribution in [0.4, 0.5) is 5.82 Å². The second-order valence-electron chi connectivity index (χ2n) is 7.97. The van der Waals surface area contributed by atoms with Crippen LogP contribution in [-0.4, -0.2) is 26.8 Å². The number of amides is 1. The highest BCUT2D eigenvalue weighted by Crippen LogP contribution is 2.36. The second-order valence-corrected chi connectivity index (χ2v) is 9.65. The van der Waals surface area contributed by atoms with Crippen LogP contribution in [0.15, 0.2) is 56.8 Å². The molecular weight excluding hydrogens is 496 g/mol. The van der Waals surface area contributed by atoms with E-state index in [1.807, 2.05) is 37.3 Å². The summed E-state index contributed by atoms with van der Waals surface area (Å²) in [5.74, 6) is 1.65. The zero-order valence-electron chi connectivity index (χ0n) is 20.0. The minimum absolute atomic E-state index is 0.0455. The minimum atomic E-state index is -0.378. The van der Waals surface area contributed by atoms with Gasteiger partial charge in [-0.2, -0.15) is 5.26 Å². The van der Waals surface area contributed by atoms with E-state index in [1.165, 1.54) is 21.2 Å². The van der Waals surface area contributed by atoms with Crippen LogP contribution in [0.5, 0.6) is 5.75 Å². The third-order valence-electron chi connectivity index (χ3n) is 5.85. The van der Waals surface area contributed by atoms with Crippen molar-refractivity contribution in [1.29, 1.82) is 5.26 Å². The monoisotopic (exact) mass is 520 g/mol. The Labute approximate surface area is 218 Å². The van der Waals surface area contributed by atoms with E-state index in [1.54, 1.807) is 38.5 Å². The first-order chi connectivity index (χ1) is 17.4. The smallest absolute Gasteiger partial charge is 0.270 e. The van der Waals surface area contributed by atoms with Gasteiger partial charge >= 0.3 is 0 Å². The van der Waals surface area contributed by atoms with E-state index >= 15 is 0 Å². The molecule has 1 N–H and O–H groups in total. The normalized spacial score (nSPS) is 14.4. The van der Waals surface area contributed by atoms with Gasteiger partial charge in [-0.25, -0.2) is 0 Å². The molecule has 4 rings (SSSR count). The van der Waals surface area contributed by atoms with E-state index in [9.17, 15) is 14.9 Å². The number of carbonyl (C=O) groups excluding carboxylic acids is 1. The topological polar surface area (TPSA) is 100 Å². The molecule has 0 atom stereocenters. The number of rotatable bonds is 8. The number of anilines is 1. The Morgan fingerprint density at radius 3 is 2.61 bits per heavy atom. The van der Waals surface area contributed by atoms with Crippen LogP contribution in [0.25, 0.3) is 6.08 Å². The van der Waals surface area contributed by atoms with Gasteiger partial charge in [0.1, 0.15) is 33.3 Å². The molecule has 1 aliphatic rings. The molecule has 1 aromatic carbocycles. The summed E-state index contributed by atoms with van der Waals surface area (Å²) in [5.41, 5.74) is 1.74. The molecule has 3 heterocycles. The van der Waals surface area contributed by atoms with Crippen molar-refractivity contribution in [3.63, 3.8) is 0 Å². The van der Waals surface area contributed by atoms with E-state index < -0.39 is 0 Å². The zero-order valence-corrected chi connectivity index (χ0v) is 21.7. The molecule has 8 nitrogen and oxygen atoms in total. The van der Waals surface area contributed by atoms with Gasteiger partial charge in [0.2, 0.25) is 0 Å². The molecule has 1 fully saturated rings. The number of thioether (sulfide) groups is 1. The van der Waals surface area contributed by atoms with Crippen LogP contribution >= 0.6 is 24.0 Å². The first-order valence-corrected chi connectivity index (χ1v) is 12.4. The molecule has 0 spiro atoms. The van der Waals surface area contributed by atoms with Crippen LogP contribution < -0.4 is 15.6 Å². The third kappa shape index (κ3) is 4.94. The lowest BCUT2D eigenvalue weighted by Crippen LogP contribution is -2.28. The Morgan fingerprint density at radius 1 is 1.25 bits per heavy atom. The van der Waals surface area contributed by atoms with Crippen LogP contribution in [0.2, 0.25) is 0 Å². The SMILES string of the molecule is CCn1c(NCc2ccc(OC)cc2)c(/C=C2/SC(=S)N(Cc3ccco3)C2=O)c(C)c(C#N)c1=O. The predicted molar refractivity (Wildman–Crippen MR) is 144 cm³/mol. The average Bonchev–Trinajstić information content (AvgIpc) is 3.49. The fourth-order valence-electron chi connectivity index (χ4n) is 3.91. The summed E-state index contributed by atoms with van der Waals surface area (Å²) >= 11 is 6.64. The maximum absolute atomic E-state index is 13.2. The lowest BCUT2D eigenvalue weighted by atomic mass is 10.0. The summed E-state index contributed by atoms with van der Waals surface area (Å²) in [5, 5.41) is 13.1. The average molecular weight is 521 g/mol. The van der Waals surface area contributed by atoms with Crippen molar-refractivity contribution in [2.24, 2.45) is 0 Å².